The molecule has 0 saturated carbocycles. The van der Waals surface area contributed by atoms with Crippen molar-refractivity contribution in [3.8, 4) is 5.69 Å². The zero-order chi connectivity index (χ0) is 21.4. The molecule has 0 aliphatic carbocycles. The zero-order valence-electron chi connectivity index (χ0n) is 15.7. The molecule has 4 aromatic rings. The Hall–Kier alpha value is -3.98. The van der Waals surface area contributed by atoms with E-state index in [0.717, 1.165) is 15.9 Å². The lowest BCUT2D eigenvalue weighted by molar-refractivity contribution is 0.0703. The summed E-state index contributed by atoms with van der Waals surface area (Å²) in [4.78, 5) is 53.7. The predicted molar refractivity (Wildman–Crippen MR) is 114 cm³/mol. The van der Waals surface area contributed by atoms with Gasteiger partial charge in [-0.25, -0.2) is 14.2 Å². The Bertz CT molecular complexity index is 1400. The molecule has 0 radical (unpaired) electrons. The quantitative estimate of drug-likeness (QED) is 0.526. The van der Waals surface area contributed by atoms with Crippen LogP contribution in [0.4, 0.5) is 5.69 Å². The van der Waals surface area contributed by atoms with Crippen LogP contribution in [0.15, 0.2) is 69.6 Å². The van der Waals surface area contributed by atoms with Crippen molar-refractivity contribution in [3.63, 3.8) is 0 Å². The fourth-order valence-corrected chi connectivity index (χ4v) is 4.00. The lowest BCUT2D eigenvalue weighted by atomic mass is 10.1. The Labute approximate surface area is 173 Å². The summed E-state index contributed by atoms with van der Waals surface area (Å²) in [5.74, 6) is -1.57. The van der Waals surface area contributed by atoms with E-state index >= 15 is 0 Å². The third-order valence-electron chi connectivity index (χ3n) is 4.65. The van der Waals surface area contributed by atoms with Gasteiger partial charge in [-0.15, -0.1) is 11.3 Å². The summed E-state index contributed by atoms with van der Waals surface area (Å²) in [5.41, 5.74) is -0.183. The number of para-hydroxylation sites is 1. The van der Waals surface area contributed by atoms with E-state index in [9.17, 15) is 24.3 Å². The number of aromatic nitrogens is 2. The van der Waals surface area contributed by atoms with Gasteiger partial charge < -0.3 is 15.0 Å². The number of H-pyrrole nitrogens is 1. The number of thiophene rings is 1. The summed E-state index contributed by atoms with van der Waals surface area (Å²) in [5, 5.41) is 10.7. The maximum absolute atomic E-state index is 13.0. The van der Waals surface area contributed by atoms with E-state index in [1.807, 2.05) is 18.2 Å². The number of carbonyl (C=O) groups excluding carboxylic acids is 1. The molecular formula is C21H15N3O5S. The number of nitrogens with zero attached hydrogens (tertiary/aromatic N) is 2. The van der Waals surface area contributed by atoms with Crippen molar-refractivity contribution in [3.05, 3.63) is 91.3 Å². The van der Waals surface area contributed by atoms with Gasteiger partial charge in [0.1, 0.15) is 4.88 Å². The molecule has 0 bridgehead atoms. The average molecular weight is 421 g/mol. The smallest absolute Gasteiger partial charge is 0.346 e. The van der Waals surface area contributed by atoms with Gasteiger partial charge in [0.25, 0.3) is 11.5 Å². The number of hydrogen-bond donors (Lipinski definition) is 2. The first-order valence-corrected chi connectivity index (χ1v) is 9.70. The van der Waals surface area contributed by atoms with Gasteiger partial charge in [-0.2, -0.15) is 0 Å². The second kappa shape index (κ2) is 7.45. The van der Waals surface area contributed by atoms with Crippen molar-refractivity contribution in [2.24, 2.45) is 0 Å². The van der Waals surface area contributed by atoms with Crippen molar-refractivity contribution >= 4 is 39.8 Å². The number of aromatic carboxylic acids is 1. The van der Waals surface area contributed by atoms with Crippen LogP contribution in [-0.4, -0.2) is 33.6 Å². The summed E-state index contributed by atoms with van der Waals surface area (Å²) in [7, 11) is 1.62. The predicted octanol–water partition coefficient (Wildman–Crippen LogP) is 2.72. The molecule has 4 rings (SSSR count). The minimum absolute atomic E-state index is 0.0785. The molecule has 0 saturated heterocycles. The van der Waals surface area contributed by atoms with E-state index in [4.69, 9.17) is 0 Å². The topological polar surface area (TPSA) is 112 Å². The van der Waals surface area contributed by atoms with Gasteiger partial charge in [-0.3, -0.25) is 9.59 Å². The minimum Gasteiger partial charge on any atom is -0.477 e. The first-order valence-electron chi connectivity index (χ1n) is 8.82. The highest BCUT2D eigenvalue weighted by atomic mass is 32.1. The molecule has 30 heavy (non-hydrogen) atoms. The highest BCUT2D eigenvalue weighted by molar-refractivity contribution is 7.13. The Morgan fingerprint density at radius 3 is 2.50 bits per heavy atom. The molecule has 2 heterocycles. The molecule has 2 N–H and O–H groups in total. The number of benzene rings is 2. The van der Waals surface area contributed by atoms with Crippen molar-refractivity contribution in [2.75, 3.05) is 11.9 Å². The summed E-state index contributed by atoms with van der Waals surface area (Å²) < 4.78 is 0.834. The van der Waals surface area contributed by atoms with Crippen LogP contribution in [0.1, 0.15) is 20.0 Å². The molecule has 0 atom stereocenters. The van der Waals surface area contributed by atoms with Gasteiger partial charge in [0, 0.05) is 23.7 Å². The maximum Gasteiger partial charge on any atom is 0.346 e. The Morgan fingerprint density at radius 1 is 1.07 bits per heavy atom. The largest absolute Gasteiger partial charge is 0.477 e. The van der Waals surface area contributed by atoms with Crippen molar-refractivity contribution in [1.82, 2.24) is 9.55 Å². The molecule has 0 unspecified atom stereocenters. The number of aromatic amines is 1. The minimum atomic E-state index is -1.25. The second-order valence-corrected chi connectivity index (χ2v) is 7.36. The highest BCUT2D eigenvalue weighted by Crippen LogP contribution is 2.21. The van der Waals surface area contributed by atoms with Crippen LogP contribution in [-0.2, 0) is 0 Å². The molecule has 2 aromatic heterocycles. The standard InChI is InChI=1S/C21H15N3O5S/c1-23(13-7-3-2-4-8-13)18(25)12-6-5-9-14(10-12)24-19(26)16-15(22-21(24)29)11-30-17(16)20(27)28/h2-11H,1H3,(H,22,29)(H,27,28). The van der Waals surface area contributed by atoms with Gasteiger partial charge in [0.2, 0.25) is 0 Å². The van der Waals surface area contributed by atoms with Crippen LogP contribution < -0.4 is 16.1 Å². The van der Waals surface area contributed by atoms with E-state index in [0.29, 0.717) is 5.69 Å². The number of anilines is 1. The van der Waals surface area contributed by atoms with E-state index in [-0.39, 0.29) is 32.9 Å². The van der Waals surface area contributed by atoms with E-state index in [1.54, 1.807) is 31.3 Å². The molecule has 2 aromatic carbocycles. The third-order valence-corrected chi connectivity index (χ3v) is 5.61. The van der Waals surface area contributed by atoms with Crippen LogP contribution >= 0.6 is 11.3 Å². The summed E-state index contributed by atoms with van der Waals surface area (Å²) in [6, 6.07) is 15.1. The molecule has 8 nitrogen and oxygen atoms in total. The normalized spacial score (nSPS) is 10.8. The van der Waals surface area contributed by atoms with E-state index in [1.165, 1.54) is 22.4 Å². The highest BCUT2D eigenvalue weighted by Gasteiger charge is 2.20. The fourth-order valence-electron chi connectivity index (χ4n) is 3.17. The van der Waals surface area contributed by atoms with Crippen LogP contribution in [0.5, 0.6) is 0 Å². The van der Waals surface area contributed by atoms with Gasteiger partial charge in [0.15, 0.2) is 0 Å². The first kappa shape index (κ1) is 19.3. The van der Waals surface area contributed by atoms with Crippen LogP contribution in [0, 0.1) is 0 Å². The number of carbonyl (C=O) groups is 2. The van der Waals surface area contributed by atoms with Gasteiger partial charge in [-0.05, 0) is 30.3 Å². The van der Waals surface area contributed by atoms with Gasteiger partial charge >= 0.3 is 11.7 Å². The Balaban J connectivity index is 1.83. The molecule has 150 valence electrons. The SMILES string of the molecule is CN(C(=O)c1cccc(-n2c(=O)[nH]c3csc(C(=O)O)c3c2=O)c1)c1ccccc1. The van der Waals surface area contributed by atoms with Crippen molar-refractivity contribution < 1.29 is 14.7 Å². The number of fused-ring (bicyclic) bond motifs is 1. The first-order chi connectivity index (χ1) is 14.4. The fraction of sp³-hybridized carbons (Fsp3) is 0.0476. The molecule has 0 aliphatic rings. The van der Waals surface area contributed by atoms with Crippen LogP contribution in [0.3, 0.4) is 0 Å². The van der Waals surface area contributed by atoms with Crippen LogP contribution in [0.25, 0.3) is 16.6 Å². The summed E-state index contributed by atoms with van der Waals surface area (Å²) >= 11 is 0.863. The number of carboxylic acid groups (broad SMARTS) is 1. The number of hydrogen-bond acceptors (Lipinski definition) is 5. The van der Waals surface area contributed by atoms with Gasteiger partial charge in [-0.1, -0.05) is 24.3 Å². The van der Waals surface area contributed by atoms with Gasteiger partial charge in [0.05, 0.1) is 16.6 Å². The lowest BCUT2D eigenvalue weighted by Crippen LogP contribution is -2.34. The number of nitrogens with one attached hydrogen (secondary N) is 1. The van der Waals surface area contributed by atoms with E-state index in [2.05, 4.69) is 4.98 Å². The second-order valence-electron chi connectivity index (χ2n) is 6.48. The summed E-state index contributed by atoms with van der Waals surface area (Å²) in [6.07, 6.45) is 0. The average Bonchev–Trinajstić information content (AvgIpc) is 3.18. The van der Waals surface area contributed by atoms with Crippen molar-refractivity contribution in [1.29, 1.82) is 0 Å². The van der Waals surface area contributed by atoms with Crippen molar-refractivity contribution in [2.45, 2.75) is 0 Å². The third kappa shape index (κ3) is 3.20. The molecular weight excluding hydrogens is 406 g/mol. The molecule has 0 spiro atoms. The monoisotopic (exact) mass is 421 g/mol. The molecule has 9 heteroatoms. The maximum atomic E-state index is 13.0. The molecule has 0 fully saturated rings. The Morgan fingerprint density at radius 2 is 1.80 bits per heavy atom. The van der Waals surface area contributed by atoms with Crippen LogP contribution in [0.2, 0.25) is 0 Å². The Kier molecular flexibility index (Phi) is 4.80. The summed E-state index contributed by atoms with van der Waals surface area (Å²) in [6.45, 7) is 0. The molecule has 0 aliphatic heterocycles. The lowest BCUT2D eigenvalue weighted by Gasteiger charge is -2.17. The number of rotatable bonds is 4. The number of carboxylic acids is 1. The van der Waals surface area contributed by atoms with E-state index < -0.39 is 17.2 Å². The zero-order valence-corrected chi connectivity index (χ0v) is 16.5. The molecule has 1 amide bonds. The number of amides is 1.